The summed E-state index contributed by atoms with van der Waals surface area (Å²) in [5, 5.41) is 3.61. The number of amides is 1. The fraction of sp³-hybridized carbons (Fsp3) is 0.214. The molecule has 1 amide bonds. The van der Waals surface area contributed by atoms with Crippen LogP contribution in [-0.2, 0) is 0 Å². The molecule has 0 atom stereocenters. The standard InChI is InChI=1S/C14H14N4OS/c1-9-13(20-10(2)17-9)14(19)18-12-8-11(4-3-6-15)5-7-16-12/h5,7-8H,6,15H2,1-2H3,(H,16,18,19). The summed E-state index contributed by atoms with van der Waals surface area (Å²) < 4.78 is 0. The molecule has 0 spiro atoms. The van der Waals surface area contributed by atoms with E-state index in [1.807, 2.05) is 13.8 Å². The van der Waals surface area contributed by atoms with Gasteiger partial charge in [-0.2, -0.15) is 0 Å². The predicted octanol–water partition coefficient (Wildman–Crippen LogP) is 1.72. The van der Waals surface area contributed by atoms with Crippen LogP contribution in [0.2, 0.25) is 0 Å². The molecule has 0 aliphatic carbocycles. The molecule has 0 fully saturated rings. The van der Waals surface area contributed by atoms with Gasteiger partial charge >= 0.3 is 0 Å². The number of nitrogens with zero attached hydrogens (tertiary/aromatic N) is 2. The van der Waals surface area contributed by atoms with Crippen LogP contribution in [0.4, 0.5) is 5.82 Å². The lowest BCUT2D eigenvalue weighted by molar-refractivity contribution is 0.102. The van der Waals surface area contributed by atoms with Crippen LogP contribution in [-0.4, -0.2) is 22.4 Å². The summed E-state index contributed by atoms with van der Waals surface area (Å²) in [6, 6.07) is 3.48. The highest BCUT2D eigenvalue weighted by atomic mass is 32.1. The van der Waals surface area contributed by atoms with Crippen LogP contribution in [0.15, 0.2) is 18.3 Å². The summed E-state index contributed by atoms with van der Waals surface area (Å²) in [4.78, 5) is 21.1. The first-order valence-corrected chi connectivity index (χ1v) is 6.82. The molecule has 0 unspecified atom stereocenters. The number of hydrogen-bond donors (Lipinski definition) is 2. The molecule has 0 saturated heterocycles. The molecule has 2 heterocycles. The fourth-order valence-corrected chi connectivity index (χ4v) is 2.46. The van der Waals surface area contributed by atoms with Crippen molar-refractivity contribution < 1.29 is 4.79 Å². The lowest BCUT2D eigenvalue weighted by Crippen LogP contribution is -2.12. The molecule has 5 nitrogen and oxygen atoms in total. The van der Waals surface area contributed by atoms with Crippen LogP contribution in [0.3, 0.4) is 0 Å². The Hall–Kier alpha value is -2.23. The zero-order valence-corrected chi connectivity index (χ0v) is 12.0. The number of rotatable bonds is 2. The van der Waals surface area contributed by atoms with E-state index >= 15 is 0 Å². The van der Waals surface area contributed by atoms with E-state index in [9.17, 15) is 4.79 Å². The predicted molar refractivity (Wildman–Crippen MR) is 79.7 cm³/mol. The zero-order valence-electron chi connectivity index (χ0n) is 11.2. The van der Waals surface area contributed by atoms with Crippen LogP contribution in [0.1, 0.15) is 25.9 Å². The van der Waals surface area contributed by atoms with Gasteiger partial charge in [-0.3, -0.25) is 4.79 Å². The summed E-state index contributed by atoms with van der Waals surface area (Å²) in [6.45, 7) is 3.98. The van der Waals surface area contributed by atoms with E-state index in [1.165, 1.54) is 11.3 Å². The van der Waals surface area contributed by atoms with Crippen molar-refractivity contribution in [1.82, 2.24) is 9.97 Å². The summed E-state index contributed by atoms with van der Waals surface area (Å²) >= 11 is 1.36. The van der Waals surface area contributed by atoms with Gasteiger partial charge in [-0.15, -0.1) is 11.3 Å². The Kier molecular flexibility index (Phi) is 4.45. The number of thiazole rings is 1. The number of hydrogen-bond acceptors (Lipinski definition) is 5. The van der Waals surface area contributed by atoms with Crippen LogP contribution in [0.5, 0.6) is 0 Å². The molecule has 2 aromatic heterocycles. The van der Waals surface area contributed by atoms with Crippen molar-refractivity contribution >= 4 is 23.1 Å². The number of aryl methyl sites for hydroxylation is 2. The number of pyridine rings is 1. The van der Waals surface area contributed by atoms with E-state index in [1.54, 1.807) is 18.3 Å². The first-order valence-electron chi connectivity index (χ1n) is 6.00. The number of nitrogens with two attached hydrogens (primary N) is 1. The number of carbonyl (C=O) groups is 1. The highest BCUT2D eigenvalue weighted by molar-refractivity contribution is 7.13. The van der Waals surface area contributed by atoms with Crippen LogP contribution in [0.25, 0.3) is 0 Å². The van der Waals surface area contributed by atoms with E-state index < -0.39 is 0 Å². The van der Waals surface area contributed by atoms with Crippen molar-refractivity contribution in [2.24, 2.45) is 5.73 Å². The Bertz CT molecular complexity index is 697. The summed E-state index contributed by atoms with van der Waals surface area (Å²) in [5.41, 5.74) is 6.81. The summed E-state index contributed by atoms with van der Waals surface area (Å²) in [5.74, 6) is 5.91. The summed E-state index contributed by atoms with van der Waals surface area (Å²) in [7, 11) is 0. The Morgan fingerprint density at radius 1 is 1.50 bits per heavy atom. The maximum absolute atomic E-state index is 12.1. The van der Waals surface area contributed by atoms with Crippen molar-refractivity contribution in [3.05, 3.63) is 39.5 Å². The Morgan fingerprint density at radius 3 is 2.95 bits per heavy atom. The molecule has 2 rings (SSSR count). The van der Waals surface area contributed by atoms with Crippen molar-refractivity contribution in [3.8, 4) is 11.8 Å². The second-order valence-electron chi connectivity index (χ2n) is 4.04. The van der Waals surface area contributed by atoms with Crippen LogP contribution >= 0.6 is 11.3 Å². The third-order valence-corrected chi connectivity index (χ3v) is 3.52. The van der Waals surface area contributed by atoms with Gasteiger partial charge in [0.2, 0.25) is 0 Å². The van der Waals surface area contributed by atoms with Gasteiger partial charge < -0.3 is 11.1 Å². The molecular weight excluding hydrogens is 272 g/mol. The molecule has 0 bridgehead atoms. The van der Waals surface area contributed by atoms with Crippen molar-refractivity contribution in [3.63, 3.8) is 0 Å². The number of anilines is 1. The summed E-state index contributed by atoms with van der Waals surface area (Å²) in [6.07, 6.45) is 1.60. The van der Waals surface area contributed by atoms with Crippen LogP contribution < -0.4 is 11.1 Å². The van der Waals surface area contributed by atoms with E-state index in [0.717, 1.165) is 16.3 Å². The highest BCUT2D eigenvalue weighted by Crippen LogP contribution is 2.18. The minimum Gasteiger partial charge on any atom is -0.320 e. The molecule has 102 valence electrons. The second-order valence-corrected chi connectivity index (χ2v) is 5.24. The number of nitrogens with one attached hydrogen (secondary N) is 1. The topological polar surface area (TPSA) is 80.9 Å². The van der Waals surface area contributed by atoms with E-state index in [0.29, 0.717) is 17.2 Å². The minimum atomic E-state index is -0.204. The Morgan fingerprint density at radius 2 is 2.30 bits per heavy atom. The maximum atomic E-state index is 12.1. The van der Waals surface area contributed by atoms with Gasteiger partial charge in [-0.05, 0) is 26.0 Å². The largest absolute Gasteiger partial charge is 0.320 e. The van der Waals surface area contributed by atoms with E-state index in [-0.39, 0.29) is 5.91 Å². The van der Waals surface area contributed by atoms with Crippen molar-refractivity contribution in [1.29, 1.82) is 0 Å². The second kappa shape index (κ2) is 6.28. The molecular formula is C14H14N4OS. The van der Waals surface area contributed by atoms with Gasteiger partial charge in [-0.25, -0.2) is 9.97 Å². The SMILES string of the molecule is Cc1nc(C)c(C(=O)Nc2cc(C#CCN)ccn2)s1. The monoisotopic (exact) mass is 286 g/mol. The van der Waals surface area contributed by atoms with Crippen molar-refractivity contribution in [2.75, 3.05) is 11.9 Å². The molecule has 6 heteroatoms. The van der Waals surface area contributed by atoms with Crippen LogP contribution in [0, 0.1) is 25.7 Å². The van der Waals surface area contributed by atoms with Gasteiger partial charge in [-0.1, -0.05) is 11.8 Å². The lowest BCUT2D eigenvalue weighted by atomic mass is 10.2. The number of aromatic nitrogens is 2. The highest BCUT2D eigenvalue weighted by Gasteiger charge is 2.14. The van der Waals surface area contributed by atoms with E-state index in [2.05, 4.69) is 27.1 Å². The van der Waals surface area contributed by atoms with Gasteiger partial charge in [0.15, 0.2) is 0 Å². The molecule has 0 aliphatic heterocycles. The van der Waals surface area contributed by atoms with Gasteiger partial charge in [0, 0.05) is 11.8 Å². The van der Waals surface area contributed by atoms with E-state index in [4.69, 9.17) is 5.73 Å². The van der Waals surface area contributed by atoms with Gasteiger partial charge in [0.05, 0.1) is 17.2 Å². The lowest BCUT2D eigenvalue weighted by Gasteiger charge is -2.03. The Balaban J connectivity index is 2.17. The average molecular weight is 286 g/mol. The molecule has 3 N–H and O–H groups in total. The molecule has 0 aromatic carbocycles. The first-order chi connectivity index (χ1) is 9.60. The first kappa shape index (κ1) is 14.2. The maximum Gasteiger partial charge on any atom is 0.268 e. The van der Waals surface area contributed by atoms with Crippen molar-refractivity contribution in [2.45, 2.75) is 13.8 Å². The smallest absolute Gasteiger partial charge is 0.268 e. The zero-order chi connectivity index (χ0) is 14.5. The molecule has 0 aliphatic rings. The Labute approximate surface area is 121 Å². The number of carbonyl (C=O) groups excluding carboxylic acids is 1. The molecule has 20 heavy (non-hydrogen) atoms. The third kappa shape index (κ3) is 3.41. The average Bonchev–Trinajstić information content (AvgIpc) is 2.76. The van der Waals surface area contributed by atoms with Gasteiger partial charge in [0.1, 0.15) is 10.7 Å². The molecule has 2 aromatic rings. The van der Waals surface area contributed by atoms with Gasteiger partial charge in [0.25, 0.3) is 5.91 Å². The fourth-order valence-electron chi connectivity index (χ4n) is 1.64. The normalized spacial score (nSPS) is 9.75. The minimum absolute atomic E-state index is 0.204. The molecule has 0 radical (unpaired) electrons. The third-order valence-electron chi connectivity index (χ3n) is 2.45. The molecule has 0 saturated carbocycles. The quantitative estimate of drug-likeness (QED) is 0.824.